The Morgan fingerprint density at radius 1 is 0.510 bits per heavy atom. The molecule has 0 amide bonds. The van der Waals surface area contributed by atoms with Crippen molar-refractivity contribution >= 4 is 56.1 Å². The van der Waals surface area contributed by atoms with Gasteiger partial charge in [0.15, 0.2) is 46.0 Å². The van der Waals surface area contributed by atoms with Gasteiger partial charge in [-0.15, -0.1) is 9.97 Å². The van der Waals surface area contributed by atoms with Crippen LogP contribution in [0.15, 0.2) is 0 Å². The van der Waals surface area contributed by atoms with Crippen LogP contribution in [0.1, 0.15) is 29.7 Å². The van der Waals surface area contributed by atoms with E-state index >= 15 is 0 Å². The lowest BCUT2D eigenvalue weighted by atomic mass is 10.1. The Hall–Kier alpha value is -8.67. The summed E-state index contributed by atoms with van der Waals surface area (Å²) in [5.41, 5.74) is -1.76. The summed E-state index contributed by atoms with van der Waals surface area (Å²) in [6.45, 7) is 28.5. The first-order chi connectivity index (χ1) is 23.5. The largest absolute Gasteiger partial charge is 0.532 e. The van der Waals surface area contributed by atoms with Gasteiger partial charge in [0.2, 0.25) is 11.0 Å². The normalized spacial score (nSPS) is 9.55. The zero-order valence-electron chi connectivity index (χ0n) is 23.7. The molecule has 0 aliphatic carbocycles. The van der Waals surface area contributed by atoms with Crippen LogP contribution in [-0.2, 0) is 0 Å². The third kappa shape index (κ3) is 5.34. The van der Waals surface area contributed by atoms with Crippen LogP contribution < -0.4 is 10.4 Å². The zero-order valence-corrected chi connectivity index (χ0v) is 23.7. The fourth-order valence-corrected chi connectivity index (χ4v) is 4.09. The van der Waals surface area contributed by atoms with E-state index in [1.54, 1.807) is 24.3 Å². The van der Waals surface area contributed by atoms with Crippen LogP contribution in [0.5, 0.6) is 0 Å². The van der Waals surface area contributed by atoms with E-state index in [4.69, 9.17) is 31.6 Å². The van der Waals surface area contributed by atoms with Crippen LogP contribution in [0.4, 0.5) is 29.2 Å². The van der Waals surface area contributed by atoms with Crippen LogP contribution in [-0.4, -0.2) is 29.9 Å². The minimum Gasteiger partial charge on any atom is -0.358 e. The molecule has 0 bridgehead atoms. The summed E-state index contributed by atoms with van der Waals surface area (Å²) >= 11 is 0. The summed E-state index contributed by atoms with van der Waals surface area (Å²) in [5, 5.41) is 43.2. The predicted octanol–water partition coefficient (Wildman–Crippen LogP) is 3.95. The molecule has 0 atom stereocenters. The van der Waals surface area contributed by atoms with Crippen LogP contribution in [0.2, 0.25) is 0 Å². The topological polar surface area (TPSA) is 214 Å². The van der Waals surface area contributed by atoms with Gasteiger partial charge >= 0.3 is 17.5 Å². The molecule has 3 aromatic heterocycles. The fourth-order valence-electron chi connectivity index (χ4n) is 4.09. The highest BCUT2D eigenvalue weighted by atomic mass is 19.2. The molecule has 226 valence electrons. The first-order valence-corrected chi connectivity index (χ1v) is 12.3. The standard InChI is InChI=1S/C18N12.C12H3F4N3/c1-23-17-9(5-21)27-13-11-12(26-8(4-20)7(3-19)25-11)14-16(15(13)29-17)30-18(24-2)10(6-22)28-14;1-5(4-17)6-8(13)10(15)7(11(16)9(6)14)12(18-2)19-3/h;1H3. The van der Waals surface area contributed by atoms with Gasteiger partial charge in [-0.3, -0.25) is 0 Å². The molecule has 0 aliphatic rings. The van der Waals surface area contributed by atoms with Crippen molar-refractivity contribution in [2.45, 2.75) is 6.92 Å². The van der Waals surface area contributed by atoms with Gasteiger partial charge in [0.1, 0.15) is 64.7 Å². The Labute approximate surface area is 269 Å². The second-order valence-corrected chi connectivity index (χ2v) is 8.76. The van der Waals surface area contributed by atoms with Crippen molar-refractivity contribution < 1.29 is 17.6 Å². The van der Waals surface area contributed by atoms with Crippen LogP contribution >= 0.6 is 0 Å². The van der Waals surface area contributed by atoms with Crippen LogP contribution in [0.25, 0.3) is 63.9 Å². The second-order valence-electron chi connectivity index (χ2n) is 8.76. The van der Waals surface area contributed by atoms with Gasteiger partial charge in [0.25, 0.3) is 0 Å². The molecular weight excluding hydrogens is 646 g/mol. The number of aromatic nitrogens is 6. The van der Waals surface area contributed by atoms with Gasteiger partial charge in [-0.25, -0.2) is 37.5 Å². The maximum atomic E-state index is 13.6. The third-order valence-corrected chi connectivity index (χ3v) is 6.20. The summed E-state index contributed by atoms with van der Waals surface area (Å²) in [4.78, 5) is 36.1. The van der Waals surface area contributed by atoms with Crippen LogP contribution in [0.3, 0.4) is 0 Å². The van der Waals surface area contributed by atoms with E-state index in [-0.39, 0.29) is 67.5 Å². The van der Waals surface area contributed by atoms with Crippen molar-refractivity contribution in [2.24, 2.45) is 0 Å². The summed E-state index contributed by atoms with van der Waals surface area (Å²) in [7, 11) is 0. The highest BCUT2D eigenvalue weighted by Crippen LogP contribution is 2.33. The highest BCUT2D eigenvalue weighted by molar-refractivity contribution is 6.18. The number of benzene rings is 2. The number of halogens is 4. The first-order valence-electron chi connectivity index (χ1n) is 12.3. The Morgan fingerprint density at radius 2 is 0.816 bits per heavy atom. The number of nitrogens with zero attached hydrogens (tertiary/aromatic N) is 15. The molecule has 15 nitrogen and oxygen atoms in total. The molecule has 0 unspecified atom stereocenters. The molecular formula is C30H3F4N15. The molecule has 2 aromatic carbocycles. The van der Waals surface area contributed by atoms with Gasteiger partial charge in [0, 0.05) is 5.57 Å². The molecule has 0 saturated heterocycles. The molecule has 0 radical (unpaired) electrons. The molecule has 19 heteroatoms. The molecule has 0 aliphatic heterocycles. The van der Waals surface area contributed by atoms with Gasteiger partial charge in [-0.05, 0) is 6.92 Å². The van der Waals surface area contributed by atoms with Crippen molar-refractivity contribution in [2.75, 3.05) is 0 Å². The zero-order chi connectivity index (χ0) is 36.2. The number of hydrogen-bond acceptors (Lipinski definition) is 11. The Balaban J connectivity index is 0.000000246. The van der Waals surface area contributed by atoms with Gasteiger partial charge in [-0.1, -0.05) is 13.1 Å². The van der Waals surface area contributed by atoms with E-state index in [0.29, 0.717) is 0 Å². The summed E-state index contributed by atoms with van der Waals surface area (Å²) in [6.07, 6.45) is 0. The number of hydrogen-bond donors (Lipinski definition) is 0. The molecule has 0 fully saturated rings. The lowest BCUT2D eigenvalue weighted by molar-refractivity contribution is 0.434. The monoisotopic (exact) mass is 649 g/mol. The van der Waals surface area contributed by atoms with Crippen molar-refractivity contribution in [3.63, 3.8) is 0 Å². The second kappa shape index (κ2) is 13.1. The van der Waals surface area contributed by atoms with E-state index in [9.17, 15) is 38.6 Å². The van der Waals surface area contributed by atoms with E-state index < -0.39 is 45.1 Å². The van der Waals surface area contributed by atoms with Crippen molar-refractivity contribution in [1.29, 1.82) is 26.3 Å². The van der Waals surface area contributed by atoms with Gasteiger partial charge in [-0.2, -0.15) is 36.0 Å². The predicted molar refractivity (Wildman–Crippen MR) is 154 cm³/mol. The maximum Gasteiger partial charge on any atom is 0.532 e. The molecule has 49 heavy (non-hydrogen) atoms. The molecule has 0 saturated carbocycles. The average molecular weight is 649 g/mol. The minimum atomic E-state index is -1.87. The quantitative estimate of drug-likeness (QED) is 0.101. The van der Waals surface area contributed by atoms with Crippen LogP contribution in [0, 0.1) is 106 Å². The number of nitriles is 5. The average Bonchev–Trinajstić information content (AvgIpc) is 3.14. The van der Waals surface area contributed by atoms with E-state index in [1.165, 1.54) is 6.07 Å². The van der Waals surface area contributed by atoms with Crippen molar-refractivity contribution in [1.82, 2.24) is 29.9 Å². The first kappa shape index (κ1) is 33.2. The SMILES string of the molecule is [C-]#[N+]C([N+]#[C-])=c1c(F)c(F)c(=C(C)C#N)c(F)c1F.[C-]#[N+]c1nc2c(nc1C#N)c1nc(C#N)c(C#N)nc1c1nc(C#N)c([N+]#[C-])nc12. The Bertz CT molecular complexity index is 2480. The Morgan fingerprint density at radius 3 is 1.10 bits per heavy atom. The smallest absolute Gasteiger partial charge is 0.358 e. The van der Waals surface area contributed by atoms with E-state index in [0.717, 1.165) is 6.92 Å². The molecule has 5 aromatic rings. The fraction of sp³-hybridized carbons (Fsp3) is 0.0333. The number of fused-ring (bicyclic) bond motifs is 6. The third-order valence-electron chi connectivity index (χ3n) is 6.20. The minimum absolute atomic E-state index is 0.00714. The van der Waals surface area contributed by atoms with Gasteiger partial charge < -0.3 is 9.69 Å². The van der Waals surface area contributed by atoms with Crippen molar-refractivity contribution in [3.05, 3.63) is 102 Å². The highest BCUT2D eigenvalue weighted by Gasteiger charge is 2.27. The molecule has 0 spiro atoms. The van der Waals surface area contributed by atoms with E-state index in [2.05, 4.69) is 49.3 Å². The summed E-state index contributed by atoms with van der Waals surface area (Å²) in [5.74, 6) is -9.09. The lowest BCUT2D eigenvalue weighted by Crippen LogP contribution is -2.30. The maximum absolute atomic E-state index is 13.6. The lowest BCUT2D eigenvalue weighted by Gasteiger charge is -2.06. The molecule has 0 N–H and O–H groups in total. The molecule has 3 heterocycles. The Kier molecular flexibility index (Phi) is 8.91. The van der Waals surface area contributed by atoms with E-state index in [1.807, 2.05) is 0 Å². The number of rotatable bonds is 0. The molecule has 5 rings (SSSR count). The summed E-state index contributed by atoms with van der Waals surface area (Å²) in [6, 6.07) is 8.41. The van der Waals surface area contributed by atoms with Crippen molar-refractivity contribution in [3.8, 4) is 30.3 Å². The van der Waals surface area contributed by atoms with Gasteiger partial charge in [0.05, 0.1) is 11.3 Å². The summed E-state index contributed by atoms with van der Waals surface area (Å²) < 4.78 is 54.4.